The molecule has 104 valence electrons. The lowest BCUT2D eigenvalue weighted by atomic mass is 10.1. The third-order valence-electron chi connectivity index (χ3n) is 3.14. The first-order chi connectivity index (χ1) is 9.54. The number of H-pyrrole nitrogens is 1. The van der Waals surface area contributed by atoms with Gasteiger partial charge in [0, 0.05) is 17.3 Å². The second-order valence-electron chi connectivity index (χ2n) is 4.24. The molecule has 0 spiro atoms. The summed E-state index contributed by atoms with van der Waals surface area (Å²) in [5, 5.41) is 9.42. The first-order valence-corrected chi connectivity index (χ1v) is 6.25. The van der Waals surface area contributed by atoms with Crippen molar-refractivity contribution in [2.24, 2.45) is 0 Å². The highest BCUT2D eigenvalue weighted by Crippen LogP contribution is 2.37. The van der Waals surface area contributed by atoms with Gasteiger partial charge in [-0.3, -0.25) is 4.79 Å². The number of aryl methyl sites for hydroxylation is 1. The van der Waals surface area contributed by atoms with E-state index in [1.54, 1.807) is 13.0 Å². The van der Waals surface area contributed by atoms with Gasteiger partial charge in [0.25, 0.3) is 0 Å². The molecule has 1 aromatic carbocycles. The van der Waals surface area contributed by atoms with Crippen LogP contribution in [0.1, 0.15) is 11.3 Å². The Morgan fingerprint density at radius 1 is 1.40 bits per heavy atom. The number of fused-ring (bicyclic) bond motifs is 1. The summed E-state index contributed by atoms with van der Waals surface area (Å²) in [4.78, 5) is 15.7. The normalized spacial score (nSPS) is 10.3. The van der Waals surface area contributed by atoms with Crippen LogP contribution < -0.4 is 14.9 Å². The summed E-state index contributed by atoms with van der Waals surface area (Å²) in [6.07, 6.45) is 0.0229. The number of nitriles is 1. The van der Waals surface area contributed by atoms with Gasteiger partial charge in [0.2, 0.25) is 0 Å². The molecule has 0 saturated heterocycles. The van der Waals surface area contributed by atoms with Gasteiger partial charge in [-0.1, -0.05) is 11.6 Å². The summed E-state index contributed by atoms with van der Waals surface area (Å²) in [7, 11) is 2.94. The van der Waals surface area contributed by atoms with Crippen molar-refractivity contribution in [3.63, 3.8) is 0 Å². The first-order valence-electron chi connectivity index (χ1n) is 5.88. The number of hydrogen-bond acceptors (Lipinski definition) is 4. The fraction of sp³-hybridized carbons (Fsp3) is 0.286. The lowest BCUT2D eigenvalue weighted by molar-refractivity contribution is 0.409. The van der Waals surface area contributed by atoms with Gasteiger partial charge in [0.1, 0.15) is 5.75 Å². The van der Waals surface area contributed by atoms with E-state index in [0.29, 0.717) is 27.9 Å². The largest absolute Gasteiger partial charge is 0.494 e. The molecule has 1 heterocycles. The summed E-state index contributed by atoms with van der Waals surface area (Å²) in [5.41, 5.74) is 1.28. The minimum absolute atomic E-state index is 0.0229. The van der Waals surface area contributed by atoms with E-state index in [2.05, 4.69) is 4.98 Å². The molecule has 5 nitrogen and oxygen atoms in total. The number of nitrogens with one attached hydrogen (secondary N) is 1. The molecule has 0 saturated carbocycles. The van der Waals surface area contributed by atoms with E-state index in [1.165, 1.54) is 14.2 Å². The molecule has 0 fully saturated rings. The smallest absolute Gasteiger partial charge is 0.197 e. The molecule has 0 bridgehead atoms. The van der Waals surface area contributed by atoms with Crippen molar-refractivity contribution in [1.29, 1.82) is 5.26 Å². The van der Waals surface area contributed by atoms with Crippen molar-refractivity contribution in [2.45, 2.75) is 13.3 Å². The predicted octanol–water partition coefficient (Wildman–Crippen LogP) is 2.57. The molecule has 1 N–H and O–H groups in total. The average Bonchev–Trinajstić information content (AvgIpc) is 2.43. The summed E-state index contributed by atoms with van der Waals surface area (Å²) >= 11 is 6.11. The molecular formula is C14H13ClN2O3. The van der Waals surface area contributed by atoms with Gasteiger partial charge in [-0.2, -0.15) is 5.26 Å². The maximum atomic E-state index is 12.6. The standard InChI is InChI=1S/C14H13ClN2O3/c1-7-8(4-5-16)13(18)11-12(17-7)10(19-2)6-9(15)14(11)20-3/h6H,4H2,1-3H3,(H,17,18). The number of ether oxygens (including phenoxy) is 2. The molecular weight excluding hydrogens is 280 g/mol. The number of hydrogen-bond donors (Lipinski definition) is 1. The third kappa shape index (κ3) is 2.08. The van der Waals surface area contributed by atoms with Crippen LogP contribution in [0.4, 0.5) is 0 Å². The molecule has 20 heavy (non-hydrogen) atoms. The van der Waals surface area contributed by atoms with Crippen LogP contribution in [0.25, 0.3) is 10.9 Å². The Hall–Kier alpha value is -2.19. The van der Waals surface area contributed by atoms with Crippen molar-refractivity contribution in [1.82, 2.24) is 4.98 Å². The average molecular weight is 293 g/mol. The van der Waals surface area contributed by atoms with E-state index < -0.39 is 0 Å². The lowest BCUT2D eigenvalue weighted by Crippen LogP contribution is -2.14. The van der Waals surface area contributed by atoms with Gasteiger partial charge < -0.3 is 14.5 Å². The van der Waals surface area contributed by atoms with Crippen LogP contribution >= 0.6 is 11.6 Å². The van der Waals surface area contributed by atoms with Crippen LogP contribution in [0.2, 0.25) is 5.02 Å². The maximum Gasteiger partial charge on any atom is 0.197 e. The van der Waals surface area contributed by atoms with Gasteiger partial charge in [-0.15, -0.1) is 0 Å². The zero-order chi connectivity index (χ0) is 14.9. The molecule has 6 heteroatoms. The van der Waals surface area contributed by atoms with Crippen molar-refractivity contribution in [3.8, 4) is 17.6 Å². The molecule has 0 aliphatic rings. The van der Waals surface area contributed by atoms with Crippen LogP contribution in [0.15, 0.2) is 10.9 Å². The molecule has 0 atom stereocenters. The summed E-state index contributed by atoms with van der Waals surface area (Å²) in [5.74, 6) is 0.734. The molecule has 0 radical (unpaired) electrons. The number of rotatable bonds is 3. The molecule has 2 rings (SSSR count). The van der Waals surface area contributed by atoms with Crippen LogP contribution in [0.3, 0.4) is 0 Å². The van der Waals surface area contributed by atoms with Crippen molar-refractivity contribution >= 4 is 22.5 Å². The van der Waals surface area contributed by atoms with E-state index >= 15 is 0 Å². The summed E-state index contributed by atoms with van der Waals surface area (Å²) in [6.45, 7) is 1.74. The minimum atomic E-state index is -0.268. The Bertz CT molecular complexity index is 775. The lowest BCUT2D eigenvalue weighted by Gasteiger charge is -2.13. The Kier molecular flexibility index (Phi) is 3.86. The highest BCUT2D eigenvalue weighted by atomic mass is 35.5. The van der Waals surface area contributed by atoms with Crippen molar-refractivity contribution < 1.29 is 9.47 Å². The third-order valence-corrected chi connectivity index (χ3v) is 3.43. The van der Waals surface area contributed by atoms with Crippen molar-refractivity contribution in [3.05, 3.63) is 32.6 Å². The first kappa shape index (κ1) is 14.2. The monoisotopic (exact) mass is 292 g/mol. The zero-order valence-electron chi connectivity index (χ0n) is 11.3. The molecule has 0 aliphatic heterocycles. The van der Waals surface area contributed by atoms with Crippen LogP contribution in [-0.2, 0) is 6.42 Å². The molecule has 1 aromatic heterocycles. The fourth-order valence-corrected chi connectivity index (χ4v) is 2.46. The SMILES string of the molecule is COc1cc(Cl)c(OC)c2c(=O)c(CC#N)c(C)[nH]c12. The minimum Gasteiger partial charge on any atom is -0.494 e. The summed E-state index contributed by atoms with van der Waals surface area (Å²) < 4.78 is 10.5. The van der Waals surface area contributed by atoms with E-state index in [1.807, 2.05) is 6.07 Å². The van der Waals surface area contributed by atoms with E-state index in [-0.39, 0.29) is 22.6 Å². The topological polar surface area (TPSA) is 75.1 Å². The van der Waals surface area contributed by atoms with Crippen LogP contribution in [0, 0.1) is 18.3 Å². The van der Waals surface area contributed by atoms with Gasteiger partial charge >= 0.3 is 0 Å². The van der Waals surface area contributed by atoms with Crippen LogP contribution in [0.5, 0.6) is 11.5 Å². The quantitative estimate of drug-likeness (QED) is 0.943. The molecule has 0 aliphatic carbocycles. The Morgan fingerprint density at radius 2 is 2.10 bits per heavy atom. The Morgan fingerprint density at radius 3 is 2.65 bits per heavy atom. The molecule has 0 amide bonds. The maximum absolute atomic E-state index is 12.6. The highest BCUT2D eigenvalue weighted by Gasteiger charge is 2.19. The number of aromatic amines is 1. The molecule has 2 aromatic rings. The van der Waals surface area contributed by atoms with Gasteiger partial charge in [-0.05, 0) is 6.92 Å². The van der Waals surface area contributed by atoms with Crippen LogP contribution in [-0.4, -0.2) is 19.2 Å². The Labute approximate surface area is 120 Å². The number of benzene rings is 1. The fourth-order valence-electron chi connectivity index (χ4n) is 2.19. The second kappa shape index (κ2) is 5.43. The zero-order valence-corrected chi connectivity index (χ0v) is 12.1. The predicted molar refractivity (Wildman–Crippen MR) is 76.7 cm³/mol. The number of aromatic nitrogens is 1. The highest BCUT2D eigenvalue weighted by molar-refractivity contribution is 6.33. The van der Waals surface area contributed by atoms with E-state index in [9.17, 15) is 4.79 Å². The Balaban J connectivity index is 3.02. The van der Waals surface area contributed by atoms with Gasteiger partial charge in [-0.25, -0.2) is 0 Å². The summed E-state index contributed by atoms with van der Waals surface area (Å²) in [6, 6.07) is 3.57. The van der Waals surface area contributed by atoms with Crippen molar-refractivity contribution in [2.75, 3.05) is 14.2 Å². The number of pyridine rings is 1. The van der Waals surface area contributed by atoms with E-state index in [4.69, 9.17) is 26.3 Å². The van der Waals surface area contributed by atoms with Gasteiger partial charge in [0.15, 0.2) is 11.2 Å². The number of halogens is 1. The van der Waals surface area contributed by atoms with Gasteiger partial charge in [0.05, 0.1) is 42.6 Å². The number of nitrogens with zero attached hydrogens (tertiary/aromatic N) is 1. The molecule has 0 unspecified atom stereocenters. The second-order valence-corrected chi connectivity index (χ2v) is 4.64. The number of methoxy groups -OCH3 is 2. The van der Waals surface area contributed by atoms with E-state index in [0.717, 1.165) is 0 Å².